The zero-order valence-electron chi connectivity index (χ0n) is 17.2. The third-order valence-corrected chi connectivity index (χ3v) is 4.91. The molecule has 2 heterocycles. The van der Waals surface area contributed by atoms with Gasteiger partial charge in [0, 0.05) is 13.1 Å². The molecule has 0 saturated carbocycles. The van der Waals surface area contributed by atoms with E-state index in [1.807, 2.05) is 41.8 Å². The Hall–Kier alpha value is -3.83. The first-order valence-electron chi connectivity index (χ1n) is 10.1. The highest BCUT2D eigenvalue weighted by Gasteiger charge is 2.23. The van der Waals surface area contributed by atoms with Gasteiger partial charge in [0.15, 0.2) is 17.3 Å². The maximum Gasteiger partial charge on any atom is 0.232 e. The van der Waals surface area contributed by atoms with Gasteiger partial charge in [-0.05, 0) is 42.8 Å². The smallest absolute Gasteiger partial charge is 0.232 e. The molecule has 4 rings (SSSR count). The molecule has 1 N–H and O–H groups in total. The summed E-state index contributed by atoms with van der Waals surface area (Å²) in [5.74, 6) is 1.54. The first kappa shape index (κ1) is 20.4. The molecule has 31 heavy (non-hydrogen) atoms. The van der Waals surface area contributed by atoms with Gasteiger partial charge < -0.3 is 19.5 Å². The third-order valence-electron chi connectivity index (χ3n) is 4.91. The number of nitriles is 1. The number of phenols is 1. The number of morpholine rings is 1. The van der Waals surface area contributed by atoms with Crippen molar-refractivity contribution >= 4 is 17.6 Å². The average molecular weight is 417 g/mol. The summed E-state index contributed by atoms with van der Waals surface area (Å²) in [6, 6.07) is 16.9. The van der Waals surface area contributed by atoms with Crippen LogP contribution in [0.15, 0.2) is 48.5 Å². The Morgan fingerprint density at radius 2 is 1.97 bits per heavy atom. The molecule has 0 atom stereocenters. The van der Waals surface area contributed by atoms with Crippen molar-refractivity contribution in [3.8, 4) is 23.3 Å². The number of allylic oxidation sites excluding steroid dienone is 1. The summed E-state index contributed by atoms with van der Waals surface area (Å²) < 4.78 is 12.8. The molecule has 0 amide bonds. The van der Waals surface area contributed by atoms with Gasteiger partial charge in [-0.2, -0.15) is 5.26 Å². The van der Waals surface area contributed by atoms with E-state index < -0.39 is 0 Å². The van der Waals surface area contributed by atoms with Crippen LogP contribution in [0.2, 0.25) is 0 Å². The van der Waals surface area contributed by atoms with Crippen LogP contribution < -0.4 is 9.64 Å². The summed E-state index contributed by atoms with van der Waals surface area (Å²) in [6.07, 6.45) is 1.72. The maximum atomic E-state index is 9.96. The minimum atomic E-state index is 0.0552. The molecule has 3 aromatic rings. The van der Waals surface area contributed by atoms with Crippen molar-refractivity contribution in [3.63, 3.8) is 0 Å². The molecule has 0 unspecified atom stereocenters. The summed E-state index contributed by atoms with van der Waals surface area (Å²) >= 11 is 0. The molecule has 158 valence electrons. The van der Waals surface area contributed by atoms with E-state index in [0.29, 0.717) is 61.6 Å². The van der Waals surface area contributed by atoms with Crippen molar-refractivity contribution in [2.45, 2.75) is 6.92 Å². The number of anilines is 1. The predicted octanol–water partition coefficient (Wildman–Crippen LogP) is 3.27. The molecule has 1 aliphatic heterocycles. The first-order chi connectivity index (χ1) is 15.2. The number of rotatable bonds is 6. The van der Waals surface area contributed by atoms with E-state index >= 15 is 0 Å². The number of hydrogen-bond donors (Lipinski definition) is 1. The van der Waals surface area contributed by atoms with Crippen LogP contribution in [0, 0.1) is 11.3 Å². The van der Waals surface area contributed by atoms with Crippen molar-refractivity contribution < 1.29 is 14.6 Å². The van der Waals surface area contributed by atoms with Gasteiger partial charge in [0.05, 0.1) is 31.1 Å². The lowest BCUT2D eigenvalue weighted by Gasteiger charge is -2.28. The number of hydrogen-bond acceptors (Lipinski definition) is 7. The van der Waals surface area contributed by atoms with Crippen molar-refractivity contribution in [1.82, 2.24) is 14.8 Å². The van der Waals surface area contributed by atoms with Gasteiger partial charge in [0.2, 0.25) is 5.95 Å². The van der Waals surface area contributed by atoms with Gasteiger partial charge in [-0.3, -0.25) is 4.57 Å². The van der Waals surface area contributed by atoms with E-state index in [9.17, 15) is 10.4 Å². The second-order valence-corrected chi connectivity index (χ2v) is 6.92. The molecule has 8 heteroatoms. The average Bonchev–Trinajstić information content (AvgIpc) is 3.26. The van der Waals surface area contributed by atoms with Crippen LogP contribution >= 0.6 is 0 Å². The Bertz CT molecular complexity index is 1110. The molecular formula is C23H23N5O3. The van der Waals surface area contributed by atoms with Crippen LogP contribution in [0.5, 0.6) is 11.5 Å². The van der Waals surface area contributed by atoms with Gasteiger partial charge >= 0.3 is 0 Å². The van der Waals surface area contributed by atoms with Gasteiger partial charge in [-0.15, -0.1) is 10.2 Å². The van der Waals surface area contributed by atoms with Gasteiger partial charge in [0.25, 0.3) is 0 Å². The van der Waals surface area contributed by atoms with Crippen LogP contribution in [-0.4, -0.2) is 52.8 Å². The monoisotopic (exact) mass is 417 g/mol. The topological polar surface area (TPSA) is 96.4 Å². The lowest BCUT2D eigenvalue weighted by Crippen LogP contribution is -2.38. The van der Waals surface area contributed by atoms with Gasteiger partial charge in [-0.25, -0.2) is 0 Å². The summed E-state index contributed by atoms with van der Waals surface area (Å²) in [5.41, 5.74) is 1.93. The van der Waals surface area contributed by atoms with E-state index in [1.54, 1.807) is 24.3 Å². The standard InChI is InChI=1S/C23H23N5O3/c1-2-31-21-15-17(8-9-20(21)29)14-18(16-24)22-25-26-23(27-10-12-30-13-11-27)28(22)19-6-4-3-5-7-19/h3-9,14-15,29H,2,10-13H2,1H3/b18-14+. The number of aromatic nitrogens is 3. The summed E-state index contributed by atoms with van der Waals surface area (Å²) in [7, 11) is 0. The number of aromatic hydroxyl groups is 1. The van der Waals surface area contributed by atoms with E-state index in [4.69, 9.17) is 9.47 Å². The number of benzene rings is 2. The molecule has 1 fully saturated rings. The lowest BCUT2D eigenvalue weighted by molar-refractivity contribution is 0.122. The summed E-state index contributed by atoms with van der Waals surface area (Å²) in [4.78, 5) is 2.11. The van der Waals surface area contributed by atoms with Crippen LogP contribution in [0.4, 0.5) is 5.95 Å². The Labute approximate surface area is 180 Å². The molecular weight excluding hydrogens is 394 g/mol. The SMILES string of the molecule is CCOc1cc(/C=C(\C#N)c2nnc(N3CCOCC3)n2-c2ccccc2)ccc1O. The number of nitrogens with zero attached hydrogens (tertiary/aromatic N) is 5. The highest BCUT2D eigenvalue weighted by Crippen LogP contribution is 2.30. The second-order valence-electron chi connectivity index (χ2n) is 6.92. The van der Waals surface area contributed by atoms with E-state index in [0.717, 1.165) is 5.69 Å². The zero-order chi connectivity index (χ0) is 21.6. The Morgan fingerprint density at radius 1 is 1.19 bits per heavy atom. The molecule has 1 saturated heterocycles. The fraction of sp³-hybridized carbons (Fsp3) is 0.261. The Balaban J connectivity index is 1.81. The van der Waals surface area contributed by atoms with Crippen LogP contribution in [0.25, 0.3) is 17.3 Å². The minimum Gasteiger partial charge on any atom is -0.504 e. The summed E-state index contributed by atoms with van der Waals surface area (Å²) in [6.45, 7) is 4.91. The predicted molar refractivity (Wildman–Crippen MR) is 117 cm³/mol. The lowest BCUT2D eigenvalue weighted by atomic mass is 10.1. The number of phenolic OH excluding ortho intramolecular Hbond substituents is 1. The molecule has 0 bridgehead atoms. The maximum absolute atomic E-state index is 9.96. The zero-order valence-corrected chi connectivity index (χ0v) is 17.2. The minimum absolute atomic E-state index is 0.0552. The molecule has 0 spiro atoms. The van der Waals surface area contributed by atoms with Gasteiger partial charge in [-0.1, -0.05) is 24.3 Å². The second kappa shape index (κ2) is 9.32. The largest absolute Gasteiger partial charge is 0.504 e. The first-order valence-corrected chi connectivity index (χ1v) is 10.1. The molecule has 0 aliphatic carbocycles. The molecule has 1 aliphatic rings. The fourth-order valence-corrected chi connectivity index (χ4v) is 3.44. The van der Waals surface area contributed by atoms with E-state index in [-0.39, 0.29) is 5.75 Å². The van der Waals surface area contributed by atoms with E-state index in [1.165, 1.54) is 0 Å². The van der Waals surface area contributed by atoms with Gasteiger partial charge in [0.1, 0.15) is 6.07 Å². The molecule has 2 aromatic carbocycles. The molecule has 8 nitrogen and oxygen atoms in total. The number of para-hydroxylation sites is 1. The Morgan fingerprint density at radius 3 is 2.68 bits per heavy atom. The Kier molecular flexibility index (Phi) is 6.15. The highest BCUT2D eigenvalue weighted by atomic mass is 16.5. The van der Waals surface area contributed by atoms with Crippen LogP contribution in [-0.2, 0) is 4.74 Å². The quantitative estimate of drug-likeness (QED) is 0.615. The summed E-state index contributed by atoms with van der Waals surface area (Å²) in [5, 5.41) is 28.7. The van der Waals surface area contributed by atoms with Crippen molar-refractivity contribution in [2.24, 2.45) is 0 Å². The van der Waals surface area contributed by atoms with E-state index in [2.05, 4.69) is 21.2 Å². The molecule has 0 radical (unpaired) electrons. The van der Waals surface area contributed by atoms with Crippen molar-refractivity contribution in [2.75, 3.05) is 37.8 Å². The van der Waals surface area contributed by atoms with Crippen LogP contribution in [0.1, 0.15) is 18.3 Å². The normalized spacial score (nSPS) is 14.3. The molecule has 1 aromatic heterocycles. The number of ether oxygens (including phenoxy) is 2. The van der Waals surface area contributed by atoms with Crippen molar-refractivity contribution in [3.05, 3.63) is 59.9 Å². The third kappa shape index (κ3) is 4.37. The van der Waals surface area contributed by atoms with Crippen LogP contribution in [0.3, 0.4) is 0 Å². The highest BCUT2D eigenvalue weighted by molar-refractivity contribution is 5.88. The fourth-order valence-electron chi connectivity index (χ4n) is 3.44. The van der Waals surface area contributed by atoms with Crippen molar-refractivity contribution in [1.29, 1.82) is 5.26 Å².